The second-order valence-electron chi connectivity index (χ2n) is 8.66. The molecule has 1 aliphatic carbocycles. The highest BCUT2D eigenvalue weighted by molar-refractivity contribution is 5.93. The Labute approximate surface area is 198 Å². The Bertz CT molecular complexity index is 1180. The summed E-state index contributed by atoms with van der Waals surface area (Å²) in [5.74, 6) is -0.259. The third-order valence-electron chi connectivity index (χ3n) is 6.18. The molecular weight excluding hydrogens is 435 g/mol. The number of aromatic hydroxyl groups is 1. The first kappa shape index (κ1) is 23.5. The van der Waals surface area contributed by atoms with E-state index in [0.29, 0.717) is 16.9 Å². The third-order valence-corrected chi connectivity index (χ3v) is 6.18. The predicted molar refractivity (Wildman–Crippen MR) is 128 cm³/mol. The number of anilines is 1. The normalized spacial score (nSPS) is 13.2. The summed E-state index contributed by atoms with van der Waals surface area (Å²) in [6.45, 7) is 4.18. The standard InChI is InChI=1S/C26H29FN4O3/c1-3-17(4-2)25(33)29-20-11-12-21(24(32)13-20)22-14-23(18-7-8-18)31(30-22)26(34)28-15-16-5-9-19(27)10-6-16/h5-6,9-14,17-18,32H,3-4,7-8,15H2,1-2H3,(H,28,34)(H,29,33). The van der Waals surface area contributed by atoms with Crippen LogP contribution in [-0.2, 0) is 11.3 Å². The van der Waals surface area contributed by atoms with Gasteiger partial charge in [-0.1, -0.05) is 26.0 Å². The van der Waals surface area contributed by atoms with E-state index in [1.165, 1.54) is 22.9 Å². The van der Waals surface area contributed by atoms with Crippen LogP contribution in [0.25, 0.3) is 11.3 Å². The maximum Gasteiger partial charge on any atom is 0.342 e. The Hall–Kier alpha value is -3.68. The molecule has 0 radical (unpaired) electrons. The van der Waals surface area contributed by atoms with Gasteiger partial charge in [-0.15, -0.1) is 0 Å². The number of nitrogens with zero attached hydrogens (tertiary/aromatic N) is 2. The first-order valence-electron chi connectivity index (χ1n) is 11.7. The molecule has 8 heteroatoms. The number of halogens is 1. The van der Waals surface area contributed by atoms with Crippen LogP contribution >= 0.6 is 0 Å². The Morgan fingerprint density at radius 3 is 2.44 bits per heavy atom. The van der Waals surface area contributed by atoms with Crippen molar-refractivity contribution in [2.24, 2.45) is 5.92 Å². The molecule has 7 nitrogen and oxygen atoms in total. The highest BCUT2D eigenvalue weighted by atomic mass is 19.1. The van der Waals surface area contributed by atoms with Gasteiger partial charge in [0.2, 0.25) is 5.91 Å². The van der Waals surface area contributed by atoms with E-state index in [9.17, 15) is 19.1 Å². The smallest absolute Gasteiger partial charge is 0.342 e. The summed E-state index contributed by atoms with van der Waals surface area (Å²) >= 11 is 0. The lowest BCUT2D eigenvalue weighted by Gasteiger charge is -2.13. The van der Waals surface area contributed by atoms with Crippen LogP contribution in [0, 0.1) is 11.7 Å². The average Bonchev–Trinajstić information content (AvgIpc) is 3.58. The van der Waals surface area contributed by atoms with Crippen LogP contribution < -0.4 is 10.6 Å². The summed E-state index contributed by atoms with van der Waals surface area (Å²) in [7, 11) is 0. The number of rotatable bonds is 8. The fraction of sp³-hybridized carbons (Fsp3) is 0.346. The van der Waals surface area contributed by atoms with Gasteiger partial charge in [0.25, 0.3) is 0 Å². The molecule has 0 bridgehead atoms. The van der Waals surface area contributed by atoms with Crippen molar-refractivity contribution in [1.82, 2.24) is 15.1 Å². The third kappa shape index (κ3) is 5.27. The molecule has 2 amide bonds. The van der Waals surface area contributed by atoms with Gasteiger partial charge in [-0.3, -0.25) is 4.79 Å². The van der Waals surface area contributed by atoms with Crippen LogP contribution in [0.5, 0.6) is 5.75 Å². The molecule has 4 rings (SSSR count). The van der Waals surface area contributed by atoms with Crippen LogP contribution in [0.4, 0.5) is 14.9 Å². The molecule has 2 aromatic carbocycles. The number of nitrogens with one attached hydrogen (secondary N) is 2. The maximum atomic E-state index is 13.1. The molecule has 3 N–H and O–H groups in total. The number of benzene rings is 2. The van der Waals surface area contributed by atoms with Crippen molar-refractivity contribution >= 4 is 17.6 Å². The molecule has 1 aromatic heterocycles. The Morgan fingerprint density at radius 2 is 1.82 bits per heavy atom. The van der Waals surface area contributed by atoms with Gasteiger partial charge in [-0.25, -0.2) is 9.18 Å². The number of carbonyl (C=O) groups excluding carboxylic acids is 2. The molecule has 1 fully saturated rings. The highest BCUT2D eigenvalue weighted by Crippen LogP contribution is 2.42. The van der Waals surface area contributed by atoms with Crippen LogP contribution in [0.2, 0.25) is 0 Å². The molecule has 0 aliphatic heterocycles. The zero-order valence-corrected chi connectivity index (χ0v) is 19.3. The number of phenols is 1. The van der Waals surface area contributed by atoms with E-state index in [4.69, 9.17) is 0 Å². The molecule has 0 atom stereocenters. The van der Waals surface area contributed by atoms with Gasteiger partial charge >= 0.3 is 6.03 Å². The second kappa shape index (κ2) is 10.1. The molecule has 34 heavy (non-hydrogen) atoms. The molecule has 0 saturated heterocycles. The summed E-state index contributed by atoms with van der Waals surface area (Å²) < 4.78 is 14.5. The first-order valence-corrected chi connectivity index (χ1v) is 11.7. The number of hydrogen-bond donors (Lipinski definition) is 3. The number of carbonyl (C=O) groups is 2. The topological polar surface area (TPSA) is 96.3 Å². The van der Waals surface area contributed by atoms with Crippen molar-refractivity contribution in [3.63, 3.8) is 0 Å². The number of hydrogen-bond acceptors (Lipinski definition) is 4. The van der Waals surface area contributed by atoms with Crippen molar-refractivity contribution in [2.75, 3.05) is 5.32 Å². The highest BCUT2D eigenvalue weighted by Gasteiger charge is 2.30. The van der Waals surface area contributed by atoms with Crippen molar-refractivity contribution in [3.05, 3.63) is 65.6 Å². The van der Waals surface area contributed by atoms with Crippen LogP contribution in [0.15, 0.2) is 48.5 Å². The van der Waals surface area contributed by atoms with E-state index in [2.05, 4.69) is 15.7 Å². The van der Waals surface area contributed by atoms with Crippen molar-refractivity contribution in [3.8, 4) is 17.0 Å². The minimum absolute atomic E-state index is 0.0268. The van der Waals surface area contributed by atoms with Crippen molar-refractivity contribution < 1.29 is 19.1 Å². The van der Waals surface area contributed by atoms with Gasteiger partial charge in [-0.05, 0) is 61.6 Å². The summed E-state index contributed by atoms with van der Waals surface area (Å²) in [6, 6.07) is 12.3. The van der Waals surface area contributed by atoms with Gasteiger partial charge in [0, 0.05) is 35.7 Å². The Morgan fingerprint density at radius 1 is 1.12 bits per heavy atom. The summed E-state index contributed by atoms with van der Waals surface area (Å²) in [6.07, 6.45) is 3.45. The van der Waals surface area contributed by atoms with E-state index in [1.54, 1.807) is 24.3 Å². The van der Waals surface area contributed by atoms with Gasteiger partial charge in [-0.2, -0.15) is 9.78 Å². The van der Waals surface area contributed by atoms with E-state index in [0.717, 1.165) is 36.9 Å². The van der Waals surface area contributed by atoms with Crippen molar-refractivity contribution in [1.29, 1.82) is 0 Å². The van der Waals surface area contributed by atoms with Crippen LogP contribution in [-0.4, -0.2) is 26.8 Å². The SMILES string of the molecule is CCC(CC)C(=O)Nc1ccc(-c2cc(C3CC3)n(C(=O)NCc3ccc(F)cc3)n2)c(O)c1. The van der Waals surface area contributed by atoms with Gasteiger partial charge in [0.05, 0.1) is 11.4 Å². The molecule has 178 valence electrons. The summed E-state index contributed by atoms with van der Waals surface area (Å²) in [5, 5.41) is 20.8. The van der Waals surface area contributed by atoms with Crippen LogP contribution in [0.1, 0.15) is 56.7 Å². The zero-order chi connectivity index (χ0) is 24.2. The Balaban J connectivity index is 1.52. The molecule has 0 spiro atoms. The van der Waals surface area contributed by atoms with E-state index in [-0.39, 0.29) is 41.9 Å². The molecule has 0 unspecified atom stereocenters. The Kier molecular flexibility index (Phi) is 6.95. The monoisotopic (exact) mass is 464 g/mol. The molecule has 3 aromatic rings. The number of phenolic OH excluding ortho intramolecular Hbond substituents is 1. The molecule has 1 heterocycles. The lowest BCUT2D eigenvalue weighted by atomic mass is 10.0. The lowest BCUT2D eigenvalue weighted by molar-refractivity contribution is -0.120. The number of aromatic nitrogens is 2. The quantitative estimate of drug-likeness (QED) is 0.416. The first-order chi connectivity index (χ1) is 16.4. The van der Waals surface area contributed by atoms with Gasteiger partial charge in [0.1, 0.15) is 11.6 Å². The molecule has 1 saturated carbocycles. The van der Waals surface area contributed by atoms with Crippen molar-refractivity contribution in [2.45, 2.75) is 52.0 Å². The fourth-order valence-electron chi connectivity index (χ4n) is 3.94. The van der Waals surface area contributed by atoms with Gasteiger partial charge < -0.3 is 15.7 Å². The minimum atomic E-state index is -0.383. The predicted octanol–water partition coefficient (Wildman–Crippen LogP) is 5.40. The van der Waals surface area contributed by atoms with Gasteiger partial charge in [0.15, 0.2) is 0 Å². The maximum absolute atomic E-state index is 13.1. The average molecular weight is 465 g/mol. The van der Waals surface area contributed by atoms with Crippen LogP contribution in [0.3, 0.4) is 0 Å². The van der Waals surface area contributed by atoms with E-state index < -0.39 is 0 Å². The summed E-state index contributed by atoms with van der Waals surface area (Å²) in [5.41, 5.74) is 3.04. The fourth-order valence-corrected chi connectivity index (χ4v) is 3.94. The largest absolute Gasteiger partial charge is 0.507 e. The molecular formula is C26H29FN4O3. The van der Waals surface area contributed by atoms with E-state index >= 15 is 0 Å². The second-order valence-corrected chi connectivity index (χ2v) is 8.66. The molecule has 1 aliphatic rings. The lowest BCUT2D eigenvalue weighted by Crippen LogP contribution is -2.30. The summed E-state index contributed by atoms with van der Waals surface area (Å²) in [4.78, 5) is 25.2. The number of amides is 2. The zero-order valence-electron chi connectivity index (χ0n) is 19.3. The van der Waals surface area contributed by atoms with E-state index in [1.807, 2.05) is 19.9 Å². The minimum Gasteiger partial charge on any atom is -0.507 e.